The average Bonchev–Trinajstić information content (AvgIpc) is 2.75. The third kappa shape index (κ3) is 6.38. The third-order valence-corrected chi connectivity index (χ3v) is 6.18. The Kier molecular flexibility index (Phi) is 7.26. The number of nitrogens with zero attached hydrogens (tertiary/aromatic N) is 3. The van der Waals surface area contributed by atoms with E-state index in [1.54, 1.807) is 0 Å². The van der Waals surface area contributed by atoms with Gasteiger partial charge in [0.25, 0.3) is 0 Å². The first-order valence-corrected chi connectivity index (χ1v) is 12.4. The van der Waals surface area contributed by atoms with Crippen molar-refractivity contribution in [2.24, 2.45) is 5.92 Å². The Hall–Kier alpha value is -2.87. The zero-order valence-corrected chi connectivity index (χ0v) is 21.7. The van der Waals surface area contributed by atoms with Gasteiger partial charge < -0.3 is 20.3 Å². The van der Waals surface area contributed by atoms with E-state index in [0.29, 0.717) is 19.0 Å². The lowest BCUT2D eigenvalue weighted by atomic mass is 9.95. The highest BCUT2D eigenvalue weighted by Crippen LogP contribution is 2.30. The number of benzene rings is 1. The van der Waals surface area contributed by atoms with E-state index in [1.807, 2.05) is 57.4 Å². The number of piperidine rings is 1. The predicted octanol–water partition coefficient (Wildman–Crippen LogP) is 5.74. The quantitative estimate of drug-likeness (QED) is 0.441. The molecule has 7 nitrogen and oxygen atoms in total. The lowest BCUT2D eigenvalue weighted by molar-refractivity contribution is 0.0495. The molecule has 1 aliphatic rings. The van der Waals surface area contributed by atoms with Gasteiger partial charge in [-0.15, -0.1) is 0 Å². The van der Waals surface area contributed by atoms with Crippen molar-refractivity contribution >= 4 is 44.3 Å². The molecular weight excluding hydrogens is 494 g/mol. The number of hydrogen-bond acceptors (Lipinski definition) is 6. The van der Waals surface area contributed by atoms with Crippen LogP contribution in [0.4, 0.5) is 16.2 Å². The van der Waals surface area contributed by atoms with Gasteiger partial charge in [0, 0.05) is 35.2 Å². The Morgan fingerprint density at radius 1 is 1.21 bits per heavy atom. The van der Waals surface area contributed by atoms with Crippen LogP contribution in [0.15, 0.2) is 53.3 Å². The number of anilines is 2. The van der Waals surface area contributed by atoms with Gasteiger partial charge in [-0.25, -0.2) is 4.79 Å². The zero-order valence-electron chi connectivity index (χ0n) is 20.1. The monoisotopic (exact) mass is 525 g/mol. The molecule has 180 valence electrons. The SMILES string of the molecule is C[C@@H]1C[C@H](NC(=O)OC(C)(C)C)CN(c2ccncc2NCc2ccc3ccc(Br)cc3n2)C1. The molecule has 0 spiro atoms. The molecule has 8 heteroatoms. The molecule has 0 bridgehead atoms. The highest BCUT2D eigenvalue weighted by molar-refractivity contribution is 9.10. The molecule has 1 aliphatic heterocycles. The van der Waals surface area contributed by atoms with E-state index in [1.165, 1.54) is 0 Å². The number of alkyl carbamates (subject to hydrolysis) is 1. The molecule has 0 saturated carbocycles. The maximum atomic E-state index is 12.3. The van der Waals surface area contributed by atoms with Crippen molar-refractivity contribution in [2.75, 3.05) is 23.3 Å². The Morgan fingerprint density at radius 2 is 2.00 bits per heavy atom. The van der Waals surface area contributed by atoms with E-state index in [-0.39, 0.29) is 12.1 Å². The minimum Gasteiger partial charge on any atom is -0.444 e. The molecule has 3 aromatic rings. The zero-order chi connectivity index (χ0) is 24.3. The molecule has 2 N–H and O–H groups in total. The molecule has 1 saturated heterocycles. The second-order valence-electron chi connectivity index (χ2n) is 9.97. The third-order valence-electron chi connectivity index (χ3n) is 5.69. The molecular formula is C26H32BrN5O2. The molecule has 3 heterocycles. The van der Waals surface area contributed by atoms with Gasteiger partial charge in [-0.05, 0) is 57.4 Å². The summed E-state index contributed by atoms with van der Waals surface area (Å²) in [4.78, 5) is 23.8. The molecule has 0 radical (unpaired) electrons. The summed E-state index contributed by atoms with van der Waals surface area (Å²) >= 11 is 3.52. The second-order valence-corrected chi connectivity index (χ2v) is 10.9. The van der Waals surface area contributed by atoms with Crippen LogP contribution in [0.2, 0.25) is 0 Å². The second kappa shape index (κ2) is 10.2. The van der Waals surface area contributed by atoms with E-state index in [2.05, 4.69) is 55.5 Å². The highest BCUT2D eigenvalue weighted by atomic mass is 79.9. The molecule has 34 heavy (non-hydrogen) atoms. The van der Waals surface area contributed by atoms with E-state index < -0.39 is 5.60 Å². The van der Waals surface area contributed by atoms with Gasteiger partial charge >= 0.3 is 6.09 Å². The van der Waals surface area contributed by atoms with Gasteiger partial charge in [-0.3, -0.25) is 9.97 Å². The summed E-state index contributed by atoms with van der Waals surface area (Å²) in [5, 5.41) is 7.68. The first-order valence-electron chi connectivity index (χ1n) is 11.6. The summed E-state index contributed by atoms with van der Waals surface area (Å²) in [6, 6.07) is 12.3. The topological polar surface area (TPSA) is 79.4 Å². The Morgan fingerprint density at radius 3 is 2.79 bits per heavy atom. The molecule has 1 aromatic carbocycles. The maximum absolute atomic E-state index is 12.3. The number of halogens is 1. The molecule has 2 atom stereocenters. The smallest absolute Gasteiger partial charge is 0.407 e. The summed E-state index contributed by atoms with van der Waals surface area (Å²) in [5.41, 5.74) is 3.42. The van der Waals surface area contributed by atoms with Gasteiger partial charge in [-0.1, -0.05) is 35.0 Å². The fourth-order valence-corrected chi connectivity index (χ4v) is 4.69. The first-order chi connectivity index (χ1) is 16.2. The van der Waals surface area contributed by atoms with Crippen LogP contribution in [0.1, 0.15) is 39.8 Å². The first kappa shape index (κ1) is 24.3. The Labute approximate surface area is 209 Å². The van der Waals surface area contributed by atoms with E-state index in [4.69, 9.17) is 9.72 Å². The van der Waals surface area contributed by atoms with Crippen molar-refractivity contribution in [3.63, 3.8) is 0 Å². The van der Waals surface area contributed by atoms with E-state index in [0.717, 1.165) is 45.4 Å². The van der Waals surface area contributed by atoms with Crippen LogP contribution in [-0.4, -0.2) is 40.8 Å². The van der Waals surface area contributed by atoms with Gasteiger partial charge in [0.1, 0.15) is 5.60 Å². The van der Waals surface area contributed by atoms with Crippen LogP contribution in [-0.2, 0) is 11.3 Å². The summed E-state index contributed by atoms with van der Waals surface area (Å²) < 4.78 is 6.48. The van der Waals surface area contributed by atoms with Crippen molar-refractivity contribution in [3.8, 4) is 0 Å². The highest BCUT2D eigenvalue weighted by Gasteiger charge is 2.28. The van der Waals surface area contributed by atoms with Crippen LogP contribution >= 0.6 is 15.9 Å². The minimum absolute atomic E-state index is 0.0141. The fraction of sp³-hybridized carbons (Fsp3) is 0.423. The molecule has 4 rings (SSSR count). The van der Waals surface area contributed by atoms with Crippen LogP contribution in [0, 0.1) is 5.92 Å². The summed E-state index contributed by atoms with van der Waals surface area (Å²) in [6.45, 7) is 10.0. The number of carbonyl (C=O) groups excluding carboxylic acids is 1. The number of carbonyl (C=O) groups is 1. The summed E-state index contributed by atoms with van der Waals surface area (Å²) in [6.07, 6.45) is 4.21. The van der Waals surface area contributed by atoms with Gasteiger partial charge in [0.05, 0.1) is 35.3 Å². The minimum atomic E-state index is -0.515. The number of fused-ring (bicyclic) bond motifs is 1. The molecule has 0 aliphatic carbocycles. The number of amides is 1. The summed E-state index contributed by atoms with van der Waals surface area (Å²) in [7, 11) is 0. The summed E-state index contributed by atoms with van der Waals surface area (Å²) in [5.74, 6) is 0.426. The van der Waals surface area contributed by atoms with Crippen LogP contribution in [0.3, 0.4) is 0 Å². The lowest BCUT2D eigenvalue weighted by Crippen LogP contribution is -2.51. The van der Waals surface area contributed by atoms with Crippen molar-refractivity contribution in [1.82, 2.24) is 15.3 Å². The molecule has 2 aromatic heterocycles. The van der Waals surface area contributed by atoms with Crippen LogP contribution < -0.4 is 15.5 Å². The predicted molar refractivity (Wildman–Crippen MR) is 140 cm³/mol. The Balaban J connectivity index is 1.46. The van der Waals surface area contributed by atoms with E-state index in [9.17, 15) is 4.79 Å². The van der Waals surface area contributed by atoms with Gasteiger partial charge in [-0.2, -0.15) is 0 Å². The molecule has 1 fully saturated rings. The van der Waals surface area contributed by atoms with Crippen molar-refractivity contribution in [1.29, 1.82) is 0 Å². The lowest BCUT2D eigenvalue weighted by Gasteiger charge is -2.39. The molecule has 1 amide bonds. The van der Waals surface area contributed by atoms with Crippen LogP contribution in [0.5, 0.6) is 0 Å². The average molecular weight is 526 g/mol. The van der Waals surface area contributed by atoms with Crippen molar-refractivity contribution in [2.45, 2.75) is 52.3 Å². The largest absolute Gasteiger partial charge is 0.444 e. The van der Waals surface area contributed by atoms with Gasteiger partial charge in [0.2, 0.25) is 0 Å². The number of ether oxygens (including phenoxy) is 1. The van der Waals surface area contributed by atoms with Crippen molar-refractivity contribution in [3.05, 3.63) is 59.0 Å². The van der Waals surface area contributed by atoms with Gasteiger partial charge in [0.15, 0.2) is 0 Å². The number of aromatic nitrogens is 2. The van der Waals surface area contributed by atoms with Crippen molar-refractivity contribution < 1.29 is 9.53 Å². The number of hydrogen-bond donors (Lipinski definition) is 2. The maximum Gasteiger partial charge on any atom is 0.407 e. The Bertz CT molecular complexity index is 1160. The number of pyridine rings is 2. The molecule has 0 unspecified atom stereocenters. The van der Waals surface area contributed by atoms with E-state index >= 15 is 0 Å². The number of rotatable bonds is 5. The fourth-order valence-electron chi connectivity index (χ4n) is 4.34. The normalized spacial score (nSPS) is 18.6. The standard InChI is InChI=1S/C26H32BrN5O2/c1-17-11-21(31-25(33)34-26(2,3)4)16-32(15-17)24-9-10-28-14-23(24)29-13-20-8-6-18-5-7-19(27)12-22(18)30-20/h5-10,12,14,17,21,29H,11,13,15-16H2,1-4H3,(H,31,33)/t17-,21+/m1/s1. The van der Waals surface area contributed by atoms with Crippen LogP contribution in [0.25, 0.3) is 10.9 Å². The number of nitrogens with one attached hydrogen (secondary N) is 2.